The molecule has 1 aromatic heterocycles. The van der Waals surface area contributed by atoms with E-state index in [-0.39, 0.29) is 0 Å². The zero-order valence-electron chi connectivity index (χ0n) is 13.4. The Hall–Kier alpha value is -2.04. The number of aryl methyl sites for hydroxylation is 1. The number of benzene rings is 1. The minimum atomic E-state index is 0.307. The van der Waals surface area contributed by atoms with Crippen LogP contribution >= 0.6 is 0 Å². The smallest absolute Gasteiger partial charge is 0.155 e. The number of fused-ring (bicyclic) bond motifs is 2. The normalized spacial score (nSPS) is 24.3. The molecular weight excluding hydrogens is 286 g/mol. The summed E-state index contributed by atoms with van der Waals surface area (Å²) in [6.45, 7) is 4.52. The zero-order valence-corrected chi connectivity index (χ0v) is 13.4. The zero-order chi connectivity index (χ0) is 15.6. The highest BCUT2D eigenvalue weighted by molar-refractivity contribution is 5.62. The molecule has 0 spiro atoms. The number of hydrogen-bond acceptors (Lipinski definition) is 4. The SMILES string of the molecule is Cc1ccnc(C2=CC3COCC(C2)N3Cc2ccccc2)n1. The van der Waals surface area contributed by atoms with Crippen LogP contribution < -0.4 is 0 Å². The average Bonchev–Trinajstić information content (AvgIpc) is 2.55. The van der Waals surface area contributed by atoms with Gasteiger partial charge in [0.25, 0.3) is 0 Å². The van der Waals surface area contributed by atoms with Gasteiger partial charge in [-0.2, -0.15) is 0 Å². The van der Waals surface area contributed by atoms with Crippen LogP contribution in [0.15, 0.2) is 48.7 Å². The quantitative estimate of drug-likeness (QED) is 0.874. The minimum absolute atomic E-state index is 0.307. The molecule has 2 atom stereocenters. The summed E-state index contributed by atoms with van der Waals surface area (Å²) in [5.41, 5.74) is 3.63. The van der Waals surface area contributed by atoms with Crippen LogP contribution in [-0.4, -0.2) is 40.2 Å². The van der Waals surface area contributed by atoms with Crippen molar-refractivity contribution >= 4 is 5.57 Å². The van der Waals surface area contributed by atoms with Gasteiger partial charge in [0.1, 0.15) is 0 Å². The molecule has 0 N–H and O–H groups in total. The number of hydrogen-bond donors (Lipinski definition) is 0. The third-order valence-electron chi connectivity index (χ3n) is 4.63. The Morgan fingerprint density at radius 1 is 1.17 bits per heavy atom. The third kappa shape index (κ3) is 3.05. The van der Waals surface area contributed by atoms with Gasteiger partial charge >= 0.3 is 0 Å². The Morgan fingerprint density at radius 3 is 2.83 bits per heavy atom. The molecule has 0 saturated carbocycles. The second-order valence-corrected chi connectivity index (χ2v) is 6.33. The van der Waals surface area contributed by atoms with Crippen molar-refractivity contribution in [1.82, 2.24) is 14.9 Å². The van der Waals surface area contributed by atoms with E-state index in [1.54, 1.807) is 0 Å². The fourth-order valence-electron chi connectivity index (χ4n) is 3.47. The van der Waals surface area contributed by atoms with Crippen LogP contribution in [-0.2, 0) is 11.3 Å². The Morgan fingerprint density at radius 2 is 2.04 bits per heavy atom. The molecule has 4 heteroatoms. The predicted octanol–water partition coefficient (Wildman–Crippen LogP) is 2.84. The second-order valence-electron chi connectivity index (χ2n) is 6.33. The highest BCUT2D eigenvalue weighted by Gasteiger charge is 2.35. The number of nitrogens with zero attached hydrogens (tertiary/aromatic N) is 3. The Labute approximate surface area is 136 Å². The van der Waals surface area contributed by atoms with E-state index < -0.39 is 0 Å². The fourth-order valence-corrected chi connectivity index (χ4v) is 3.47. The highest BCUT2D eigenvalue weighted by Crippen LogP contribution is 2.32. The fraction of sp³-hybridized carbons (Fsp3) is 0.368. The largest absolute Gasteiger partial charge is 0.378 e. The van der Waals surface area contributed by atoms with E-state index in [1.807, 2.05) is 19.2 Å². The number of rotatable bonds is 3. The lowest BCUT2D eigenvalue weighted by molar-refractivity contribution is -0.0403. The first-order valence-corrected chi connectivity index (χ1v) is 8.18. The summed E-state index contributed by atoms with van der Waals surface area (Å²) < 4.78 is 5.79. The Kier molecular flexibility index (Phi) is 3.93. The van der Waals surface area contributed by atoms with Gasteiger partial charge < -0.3 is 4.74 Å². The van der Waals surface area contributed by atoms with Crippen molar-refractivity contribution in [3.05, 3.63) is 65.8 Å². The van der Waals surface area contributed by atoms with Crippen molar-refractivity contribution in [1.29, 1.82) is 0 Å². The summed E-state index contributed by atoms with van der Waals surface area (Å²) in [7, 11) is 0. The van der Waals surface area contributed by atoms with E-state index in [2.05, 4.69) is 51.3 Å². The minimum Gasteiger partial charge on any atom is -0.378 e. The lowest BCUT2D eigenvalue weighted by atomic mass is 9.93. The molecule has 2 aliphatic rings. The maximum absolute atomic E-state index is 5.79. The number of morpholine rings is 1. The first kappa shape index (κ1) is 14.5. The molecule has 3 heterocycles. The van der Waals surface area contributed by atoms with Crippen molar-refractivity contribution in [3.63, 3.8) is 0 Å². The van der Waals surface area contributed by atoms with Crippen LogP contribution in [0, 0.1) is 6.92 Å². The molecule has 2 bridgehead atoms. The van der Waals surface area contributed by atoms with Gasteiger partial charge in [0, 0.05) is 24.5 Å². The number of ether oxygens (including phenoxy) is 1. The van der Waals surface area contributed by atoms with Crippen LogP contribution in [0.4, 0.5) is 0 Å². The molecule has 1 aromatic carbocycles. The average molecular weight is 307 g/mol. The van der Waals surface area contributed by atoms with Crippen molar-refractivity contribution in [2.24, 2.45) is 0 Å². The molecule has 1 fully saturated rings. The van der Waals surface area contributed by atoms with Crippen LogP contribution in [0.2, 0.25) is 0 Å². The topological polar surface area (TPSA) is 38.2 Å². The van der Waals surface area contributed by atoms with Gasteiger partial charge in [0.15, 0.2) is 5.82 Å². The predicted molar refractivity (Wildman–Crippen MR) is 89.7 cm³/mol. The molecule has 0 amide bonds. The summed E-state index contributed by atoms with van der Waals surface area (Å²) in [5.74, 6) is 0.876. The van der Waals surface area contributed by atoms with Gasteiger partial charge in [0.2, 0.25) is 0 Å². The third-order valence-corrected chi connectivity index (χ3v) is 4.63. The summed E-state index contributed by atoms with van der Waals surface area (Å²) in [4.78, 5) is 11.6. The molecule has 2 aliphatic heterocycles. The van der Waals surface area contributed by atoms with Gasteiger partial charge in [0.05, 0.1) is 19.3 Å². The molecule has 2 unspecified atom stereocenters. The van der Waals surface area contributed by atoms with Crippen molar-refractivity contribution < 1.29 is 4.74 Å². The van der Waals surface area contributed by atoms with Gasteiger partial charge in [-0.3, -0.25) is 4.90 Å². The van der Waals surface area contributed by atoms with E-state index >= 15 is 0 Å². The first-order valence-electron chi connectivity index (χ1n) is 8.18. The highest BCUT2D eigenvalue weighted by atomic mass is 16.5. The van der Waals surface area contributed by atoms with E-state index in [0.717, 1.165) is 37.7 Å². The Balaban J connectivity index is 1.60. The molecule has 0 aliphatic carbocycles. The first-order chi connectivity index (χ1) is 11.3. The van der Waals surface area contributed by atoms with E-state index in [4.69, 9.17) is 4.74 Å². The maximum Gasteiger partial charge on any atom is 0.155 e. The molecule has 118 valence electrons. The Bertz CT molecular complexity index is 714. The van der Waals surface area contributed by atoms with Crippen LogP contribution in [0.5, 0.6) is 0 Å². The molecule has 2 aromatic rings. The van der Waals surface area contributed by atoms with Gasteiger partial charge in [-0.15, -0.1) is 0 Å². The lowest BCUT2D eigenvalue weighted by Gasteiger charge is -2.44. The van der Waals surface area contributed by atoms with E-state index in [0.29, 0.717) is 12.1 Å². The van der Waals surface area contributed by atoms with Gasteiger partial charge in [-0.25, -0.2) is 9.97 Å². The molecular formula is C19H21N3O. The summed E-state index contributed by atoms with van der Waals surface area (Å²) in [5, 5.41) is 0. The van der Waals surface area contributed by atoms with Crippen LogP contribution in [0.3, 0.4) is 0 Å². The second kappa shape index (κ2) is 6.22. The van der Waals surface area contributed by atoms with Gasteiger partial charge in [-0.05, 0) is 30.5 Å². The molecule has 4 nitrogen and oxygen atoms in total. The monoisotopic (exact) mass is 307 g/mol. The van der Waals surface area contributed by atoms with Gasteiger partial charge in [-0.1, -0.05) is 36.4 Å². The lowest BCUT2D eigenvalue weighted by Crippen LogP contribution is -2.53. The molecule has 4 rings (SSSR count). The van der Waals surface area contributed by atoms with Crippen molar-refractivity contribution in [2.75, 3.05) is 13.2 Å². The van der Waals surface area contributed by atoms with Crippen molar-refractivity contribution in [2.45, 2.75) is 32.0 Å². The van der Waals surface area contributed by atoms with Crippen LogP contribution in [0.1, 0.15) is 23.5 Å². The number of aromatic nitrogens is 2. The van der Waals surface area contributed by atoms with Crippen LogP contribution in [0.25, 0.3) is 5.57 Å². The summed E-state index contributed by atoms with van der Waals surface area (Å²) >= 11 is 0. The molecule has 23 heavy (non-hydrogen) atoms. The summed E-state index contributed by atoms with van der Waals surface area (Å²) in [6.07, 6.45) is 5.10. The van der Waals surface area contributed by atoms with E-state index in [9.17, 15) is 0 Å². The standard InChI is InChI=1S/C19H21N3O/c1-14-7-8-20-19(21-14)16-9-17-12-23-13-18(10-16)22(17)11-15-5-3-2-4-6-15/h2-9,17-18H,10-13H2,1H3. The van der Waals surface area contributed by atoms with Crippen molar-refractivity contribution in [3.8, 4) is 0 Å². The van der Waals surface area contributed by atoms with E-state index in [1.165, 1.54) is 11.1 Å². The molecule has 0 radical (unpaired) electrons. The maximum atomic E-state index is 5.79. The summed E-state index contributed by atoms with van der Waals surface area (Å²) in [6, 6.07) is 13.3. The molecule has 1 saturated heterocycles.